The van der Waals surface area contributed by atoms with Gasteiger partial charge in [0.1, 0.15) is 19.0 Å². The molecule has 0 saturated carbocycles. The molecule has 17 heavy (non-hydrogen) atoms. The highest BCUT2D eigenvalue weighted by atomic mass is 16.6. The van der Waals surface area contributed by atoms with Crippen molar-refractivity contribution in [3.8, 4) is 11.5 Å². The van der Waals surface area contributed by atoms with Gasteiger partial charge in [0, 0.05) is 0 Å². The second-order valence-corrected chi connectivity index (χ2v) is 3.90. The molecular weight excluding hydrogens is 218 g/mol. The Morgan fingerprint density at radius 2 is 1.88 bits per heavy atom. The zero-order valence-electron chi connectivity index (χ0n) is 9.26. The number of benzene rings is 1. The standard InChI is InChI=1S/C13H13NO3/c14-13(11-2-1-5-15-11)9-3-4-10-12(8-9)17-7-6-16-10/h1-5,8,13H,6-7,14H2/t13-/m0/s1. The Morgan fingerprint density at radius 1 is 1.06 bits per heavy atom. The SMILES string of the molecule is N[C@@H](c1ccc2c(c1)OCCO2)c1ccco1. The van der Waals surface area contributed by atoms with Crippen LogP contribution < -0.4 is 15.2 Å². The van der Waals surface area contributed by atoms with Crippen molar-refractivity contribution in [2.24, 2.45) is 5.73 Å². The molecule has 0 saturated heterocycles. The zero-order valence-corrected chi connectivity index (χ0v) is 9.26. The summed E-state index contributed by atoms with van der Waals surface area (Å²) in [5.74, 6) is 2.25. The molecule has 2 aromatic rings. The van der Waals surface area contributed by atoms with Gasteiger partial charge in [-0.05, 0) is 29.8 Å². The highest BCUT2D eigenvalue weighted by Crippen LogP contribution is 2.33. The van der Waals surface area contributed by atoms with Crippen molar-refractivity contribution in [1.82, 2.24) is 0 Å². The summed E-state index contributed by atoms with van der Waals surface area (Å²) in [6.45, 7) is 1.17. The topological polar surface area (TPSA) is 57.6 Å². The maximum Gasteiger partial charge on any atom is 0.161 e. The average Bonchev–Trinajstić information content (AvgIpc) is 2.91. The minimum absolute atomic E-state index is 0.277. The van der Waals surface area contributed by atoms with E-state index in [0.29, 0.717) is 13.2 Å². The fourth-order valence-electron chi connectivity index (χ4n) is 1.89. The largest absolute Gasteiger partial charge is 0.486 e. The molecule has 0 amide bonds. The fourth-order valence-corrected chi connectivity index (χ4v) is 1.89. The van der Waals surface area contributed by atoms with E-state index < -0.39 is 0 Å². The van der Waals surface area contributed by atoms with Crippen molar-refractivity contribution in [1.29, 1.82) is 0 Å². The molecule has 0 aliphatic carbocycles. The molecule has 1 atom stereocenters. The van der Waals surface area contributed by atoms with Gasteiger partial charge in [0.2, 0.25) is 0 Å². The lowest BCUT2D eigenvalue weighted by Crippen LogP contribution is -2.17. The van der Waals surface area contributed by atoms with Crippen molar-refractivity contribution in [2.75, 3.05) is 13.2 Å². The second-order valence-electron chi connectivity index (χ2n) is 3.90. The lowest BCUT2D eigenvalue weighted by atomic mass is 10.0. The predicted molar refractivity (Wildman–Crippen MR) is 62.2 cm³/mol. The van der Waals surface area contributed by atoms with Crippen LogP contribution in [0, 0.1) is 0 Å². The molecule has 0 radical (unpaired) electrons. The van der Waals surface area contributed by atoms with Crippen LogP contribution in [0.2, 0.25) is 0 Å². The minimum Gasteiger partial charge on any atom is -0.486 e. The van der Waals surface area contributed by atoms with Crippen LogP contribution in [0.3, 0.4) is 0 Å². The third-order valence-electron chi connectivity index (χ3n) is 2.78. The molecule has 1 aromatic carbocycles. The van der Waals surface area contributed by atoms with Crippen LogP contribution in [-0.2, 0) is 0 Å². The molecule has 0 unspecified atom stereocenters. The summed E-state index contributed by atoms with van der Waals surface area (Å²) < 4.78 is 16.3. The third-order valence-corrected chi connectivity index (χ3v) is 2.78. The van der Waals surface area contributed by atoms with Crippen molar-refractivity contribution >= 4 is 0 Å². The molecule has 1 aliphatic rings. The molecule has 2 heterocycles. The van der Waals surface area contributed by atoms with Gasteiger partial charge in [0.15, 0.2) is 11.5 Å². The van der Waals surface area contributed by atoms with Crippen molar-refractivity contribution in [3.63, 3.8) is 0 Å². The molecule has 2 N–H and O–H groups in total. The number of nitrogens with two attached hydrogens (primary N) is 1. The Kier molecular flexibility index (Phi) is 2.49. The Hall–Kier alpha value is -1.94. The van der Waals surface area contributed by atoms with E-state index in [-0.39, 0.29) is 6.04 Å². The van der Waals surface area contributed by atoms with E-state index in [1.165, 1.54) is 0 Å². The Labute approximate surface area is 98.9 Å². The summed E-state index contributed by atoms with van der Waals surface area (Å²) in [4.78, 5) is 0. The van der Waals surface area contributed by atoms with Crippen molar-refractivity contribution in [2.45, 2.75) is 6.04 Å². The van der Waals surface area contributed by atoms with Crippen LogP contribution in [-0.4, -0.2) is 13.2 Å². The van der Waals surface area contributed by atoms with E-state index in [0.717, 1.165) is 22.8 Å². The Morgan fingerprint density at radius 3 is 2.65 bits per heavy atom. The van der Waals surface area contributed by atoms with E-state index >= 15 is 0 Å². The number of ether oxygens (including phenoxy) is 2. The highest BCUT2D eigenvalue weighted by Gasteiger charge is 2.16. The summed E-state index contributed by atoms with van der Waals surface area (Å²) in [5, 5.41) is 0. The normalized spacial score (nSPS) is 15.6. The first-order chi connectivity index (χ1) is 8.34. The maximum atomic E-state index is 6.10. The van der Waals surface area contributed by atoms with Gasteiger partial charge in [0.05, 0.1) is 12.3 Å². The first-order valence-electron chi connectivity index (χ1n) is 5.53. The van der Waals surface area contributed by atoms with Gasteiger partial charge in [-0.1, -0.05) is 6.07 Å². The molecule has 4 heteroatoms. The monoisotopic (exact) mass is 231 g/mol. The lowest BCUT2D eigenvalue weighted by Gasteiger charge is -2.20. The van der Waals surface area contributed by atoms with E-state index in [1.54, 1.807) is 6.26 Å². The number of rotatable bonds is 2. The minimum atomic E-state index is -0.277. The highest BCUT2D eigenvalue weighted by molar-refractivity contribution is 5.45. The van der Waals surface area contributed by atoms with Crippen LogP contribution in [0.15, 0.2) is 41.0 Å². The molecule has 88 valence electrons. The van der Waals surface area contributed by atoms with Gasteiger partial charge in [-0.3, -0.25) is 0 Å². The summed E-state index contributed by atoms with van der Waals surface area (Å²) in [7, 11) is 0. The van der Waals surface area contributed by atoms with Crippen LogP contribution in [0.25, 0.3) is 0 Å². The summed E-state index contributed by atoms with van der Waals surface area (Å²) in [5.41, 5.74) is 7.05. The molecule has 1 aliphatic heterocycles. The molecule has 3 rings (SSSR count). The van der Waals surface area contributed by atoms with E-state index in [4.69, 9.17) is 19.6 Å². The summed E-state index contributed by atoms with van der Waals surface area (Å²) >= 11 is 0. The molecule has 1 aromatic heterocycles. The van der Waals surface area contributed by atoms with Gasteiger partial charge >= 0.3 is 0 Å². The summed E-state index contributed by atoms with van der Waals surface area (Å²) in [6, 6.07) is 9.13. The maximum absolute atomic E-state index is 6.10. The predicted octanol–water partition coefficient (Wildman–Crippen LogP) is 2.10. The van der Waals surface area contributed by atoms with Crippen LogP contribution in [0.5, 0.6) is 11.5 Å². The van der Waals surface area contributed by atoms with E-state index in [9.17, 15) is 0 Å². The lowest BCUT2D eigenvalue weighted by molar-refractivity contribution is 0.171. The molecule has 0 fully saturated rings. The number of fused-ring (bicyclic) bond motifs is 1. The first kappa shape index (κ1) is 10.2. The molecule has 0 spiro atoms. The van der Waals surface area contributed by atoms with Crippen LogP contribution in [0.4, 0.5) is 0 Å². The second kappa shape index (κ2) is 4.14. The smallest absolute Gasteiger partial charge is 0.161 e. The van der Waals surface area contributed by atoms with Crippen LogP contribution >= 0.6 is 0 Å². The van der Waals surface area contributed by atoms with E-state index in [2.05, 4.69) is 0 Å². The van der Waals surface area contributed by atoms with Crippen LogP contribution in [0.1, 0.15) is 17.4 Å². The first-order valence-corrected chi connectivity index (χ1v) is 5.53. The summed E-state index contributed by atoms with van der Waals surface area (Å²) in [6.07, 6.45) is 1.62. The van der Waals surface area contributed by atoms with E-state index in [1.807, 2.05) is 30.3 Å². The molecule has 0 bridgehead atoms. The zero-order chi connectivity index (χ0) is 11.7. The van der Waals surface area contributed by atoms with Crippen molar-refractivity contribution < 1.29 is 13.9 Å². The Balaban J connectivity index is 1.93. The Bertz CT molecular complexity index is 507. The number of furan rings is 1. The van der Waals surface area contributed by atoms with Gasteiger partial charge in [0.25, 0.3) is 0 Å². The number of hydrogen-bond donors (Lipinski definition) is 1. The van der Waals surface area contributed by atoms with Gasteiger partial charge in [-0.2, -0.15) is 0 Å². The van der Waals surface area contributed by atoms with Crippen molar-refractivity contribution in [3.05, 3.63) is 47.9 Å². The quantitative estimate of drug-likeness (QED) is 0.859. The molecule has 4 nitrogen and oxygen atoms in total. The number of hydrogen-bond acceptors (Lipinski definition) is 4. The van der Waals surface area contributed by atoms with Gasteiger partial charge in [-0.15, -0.1) is 0 Å². The van der Waals surface area contributed by atoms with Gasteiger partial charge in [-0.25, -0.2) is 0 Å². The fraction of sp³-hybridized carbons (Fsp3) is 0.231. The third kappa shape index (κ3) is 1.87. The van der Waals surface area contributed by atoms with Gasteiger partial charge < -0.3 is 19.6 Å². The average molecular weight is 231 g/mol. The molecular formula is C13H13NO3.